The summed E-state index contributed by atoms with van der Waals surface area (Å²) in [7, 11) is 0. The SMILES string of the molecule is C=C(N=C1C=CC=C/C1=C(/N)c1ccc2c3c(cccc13)-c1ccccc1-2)c1ccc(-n2c3ccccc3c3c4c(ccc32)-c2ccccc2C4(C)C)cc1. The summed E-state index contributed by atoms with van der Waals surface area (Å²) in [6, 6.07) is 50.4. The lowest BCUT2D eigenvalue weighted by molar-refractivity contribution is 0.666. The molecule has 11 rings (SSSR count). The van der Waals surface area contributed by atoms with Crippen LogP contribution in [0.1, 0.15) is 36.1 Å². The second kappa shape index (κ2) is 11.5. The average Bonchev–Trinajstić information content (AvgIpc) is 3.82. The third-order valence-electron chi connectivity index (χ3n) is 12.1. The van der Waals surface area contributed by atoms with Crippen LogP contribution in [0.3, 0.4) is 0 Å². The third kappa shape index (κ3) is 4.41. The molecule has 0 radical (unpaired) electrons. The number of nitrogens with two attached hydrogens (primary N) is 1. The van der Waals surface area contributed by atoms with Gasteiger partial charge < -0.3 is 10.3 Å². The number of para-hydroxylation sites is 1. The summed E-state index contributed by atoms with van der Waals surface area (Å²) < 4.78 is 2.40. The average molecular weight is 704 g/mol. The molecule has 55 heavy (non-hydrogen) atoms. The van der Waals surface area contributed by atoms with Crippen molar-refractivity contribution in [2.24, 2.45) is 10.7 Å². The Morgan fingerprint density at radius 1 is 0.582 bits per heavy atom. The van der Waals surface area contributed by atoms with Crippen molar-refractivity contribution >= 4 is 49.7 Å². The summed E-state index contributed by atoms with van der Waals surface area (Å²) in [5.74, 6) is 0. The fraction of sp³-hybridized carbons (Fsp3) is 0.0577. The number of aromatic nitrogens is 1. The van der Waals surface area contributed by atoms with Crippen LogP contribution in [-0.4, -0.2) is 10.3 Å². The largest absolute Gasteiger partial charge is 0.398 e. The highest BCUT2D eigenvalue weighted by Gasteiger charge is 2.38. The van der Waals surface area contributed by atoms with E-state index >= 15 is 0 Å². The second-order valence-corrected chi connectivity index (χ2v) is 15.4. The van der Waals surface area contributed by atoms with E-state index in [1.807, 2.05) is 18.2 Å². The Morgan fingerprint density at radius 3 is 2.05 bits per heavy atom. The number of hydrogen-bond donors (Lipinski definition) is 1. The maximum Gasteiger partial charge on any atom is 0.0730 e. The standard InChI is InChI=1S/C52H37N3/c1-31(54-45-21-10-7-16-42(45)51(53)41-28-27-39-35-14-5-4-13-34(35)37-18-12-19-38(41)48(37)39)32-23-25-33(26-24-32)55-46-22-11-8-17-43(46)49-47(55)30-29-40-36-15-6-9-20-44(36)52(2,3)50(40)49/h4-30H,1,53H2,2-3H3/b51-42-,54-45?. The maximum absolute atomic E-state index is 7.09. The second-order valence-electron chi connectivity index (χ2n) is 15.4. The molecule has 260 valence electrons. The van der Waals surface area contributed by atoms with Gasteiger partial charge in [0.25, 0.3) is 0 Å². The summed E-state index contributed by atoms with van der Waals surface area (Å²) in [4.78, 5) is 5.10. The highest BCUT2D eigenvalue weighted by Crippen LogP contribution is 2.53. The highest BCUT2D eigenvalue weighted by atomic mass is 15.0. The summed E-state index contributed by atoms with van der Waals surface area (Å²) in [6.45, 7) is 9.17. The van der Waals surface area contributed by atoms with Crippen molar-refractivity contribution in [3.63, 3.8) is 0 Å². The van der Waals surface area contributed by atoms with Gasteiger partial charge in [-0.3, -0.25) is 0 Å². The van der Waals surface area contributed by atoms with Gasteiger partial charge in [-0.15, -0.1) is 0 Å². The minimum Gasteiger partial charge on any atom is -0.398 e. The third-order valence-corrected chi connectivity index (χ3v) is 12.1. The maximum atomic E-state index is 7.09. The molecule has 0 saturated heterocycles. The van der Waals surface area contributed by atoms with Crippen LogP contribution < -0.4 is 5.73 Å². The van der Waals surface area contributed by atoms with Gasteiger partial charge in [0, 0.05) is 38.7 Å². The zero-order chi connectivity index (χ0) is 37.0. The molecule has 0 unspecified atom stereocenters. The summed E-state index contributed by atoms with van der Waals surface area (Å²) in [5.41, 5.74) is 26.0. The van der Waals surface area contributed by atoms with E-state index in [1.54, 1.807) is 0 Å². The van der Waals surface area contributed by atoms with E-state index in [0.717, 1.165) is 33.5 Å². The molecular formula is C52H37N3. The number of aliphatic imine (C=N–C) groups is 1. The van der Waals surface area contributed by atoms with Gasteiger partial charge in [0.1, 0.15) is 0 Å². The molecule has 8 aromatic rings. The molecular weight excluding hydrogens is 667 g/mol. The summed E-state index contributed by atoms with van der Waals surface area (Å²) in [5, 5.41) is 5.00. The quantitative estimate of drug-likeness (QED) is 0.195. The number of benzene rings is 7. The molecule has 3 nitrogen and oxygen atoms in total. The van der Waals surface area contributed by atoms with E-state index in [4.69, 9.17) is 10.7 Å². The molecule has 2 N–H and O–H groups in total. The molecule has 0 atom stereocenters. The topological polar surface area (TPSA) is 43.3 Å². The number of allylic oxidation sites excluding steroid dienone is 5. The highest BCUT2D eigenvalue weighted by molar-refractivity contribution is 6.21. The van der Waals surface area contributed by atoms with E-state index in [0.29, 0.717) is 11.4 Å². The molecule has 3 aliphatic rings. The molecule has 0 aliphatic heterocycles. The first-order chi connectivity index (χ1) is 26.9. The Balaban J connectivity index is 0.974. The van der Waals surface area contributed by atoms with Crippen molar-refractivity contribution in [3.8, 4) is 39.1 Å². The predicted octanol–water partition coefficient (Wildman–Crippen LogP) is 12.8. The van der Waals surface area contributed by atoms with Crippen LogP contribution in [0, 0.1) is 0 Å². The molecule has 3 aliphatic carbocycles. The molecule has 0 bridgehead atoms. The summed E-state index contributed by atoms with van der Waals surface area (Å²) >= 11 is 0. The molecule has 0 saturated carbocycles. The smallest absolute Gasteiger partial charge is 0.0730 e. The molecule has 0 spiro atoms. The van der Waals surface area contributed by atoms with Crippen molar-refractivity contribution in [2.75, 3.05) is 0 Å². The van der Waals surface area contributed by atoms with Crippen LogP contribution >= 0.6 is 0 Å². The zero-order valence-electron chi connectivity index (χ0n) is 30.8. The van der Waals surface area contributed by atoms with Crippen molar-refractivity contribution in [1.82, 2.24) is 4.57 Å². The van der Waals surface area contributed by atoms with Gasteiger partial charge in [0.2, 0.25) is 0 Å². The van der Waals surface area contributed by atoms with Crippen molar-refractivity contribution in [3.05, 3.63) is 198 Å². The van der Waals surface area contributed by atoms with Crippen LogP contribution in [0.15, 0.2) is 181 Å². The minimum absolute atomic E-state index is 0.110. The Morgan fingerprint density at radius 2 is 1.24 bits per heavy atom. The normalized spacial score (nSPS) is 16.2. The summed E-state index contributed by atoms with van der Waals surface area (Å²) in [6.07, 6.45) is 8.11. The number of nitrogens with zero attached hydrogens (tertiary/aromatic N) is 2. The molecule has 0 fully saturated rings. The van der Waals surface area contributed by atoms with Crippen LogP contribution in [0.2, 0.25) is 0 Å². The van der Waals surface area contributed by atoms with Crippen molar-refractivity contribution in [1.29, 1.82) is 0 Å². The lowest BCUT2D eigenvalue weighted by atomic mass is 9.80. The van der Waals surface area contributed by atoms with Gasteiger partial charge in [-0.2, -0.15) is 0 Å². The van der Waals surface area contributed by atoms with Gasteiger partial charge in [-0.25, -0.2) is 4.99 Å². The molecule has 3 heteroatoms. The molecule has 7 aromatic carbocycles. The van der Waals surface area contributed by atoms with Crippen LogP contribution in [-0.2, 0) is 5.41 Å². The number of hydrogen-bond acceptors (Lipinski definition) is 2. The lowest BCUT2D eigenvalue weighted by Gasteiger charge is -2.22. The monoisotopic (exact) mass is 703 g/mol. The van der Waals surface area contributed by atoms with Gasteiger partial charge >= 0.3 is 0 Å². The number of rotatable bonds is 4. The fourth-order valence-electron chi connectivity index (χ4n) is 9.61. The Bertz CT molecular complexity index is 3090. The lowest BCUT2D eigenvalue weighted by Crippen LogP contribution is -2.15. The van der Waals surface area contributed by atoms with Crippen LogP contribution in [0.25, 0.3) is 83.0 Å². The first-order valence-electron chi connectivity index (χ1n) is 19.0. The van der Waals surface area contributed by atoms with E-state index in [-0.39, 0.29) is 5.41 Å². The Labute approximate surface area is 320 Å². The first-order valence-corrected chi connectivity index (χ1v) is 19.0. The van der Waals surface area contributed by atoms with E-state index in [1.165, 1.54) is 71.7 Å². The fourth-order valence-corrected chi connectivity index (χ4v) is 9.61. The first kappa shape index (κ1) is 31.5. The van der Waals surface area contributed by atoms with E-state index in [9.17, 15) is 0 Å². The van der Waals surface area contributed by atoms with Gasteiger partial charge in [0.05, 0.1) is 22.4 Å². The zero-order valence-corrected chi connectivity index (χ0v) is 30.8. The predicted molar refractivity (Wildman–Crippen MR) is 233 cm³/mol. The number of fused-ring (bicyclic) bond motifs is 10. The van der Waals surface area contributed by atoms with Crippen molar-refractivity contribution in [2.45, 2.75) is 19.3 Å². The van der Waals surface area contributed by atoms with Gasteiger partial charge in [0.15, 0.2) is 0 Å². The van der Waals surface area contributed by atoms with Crippen LogP contribution in [0.5, 0.6) is 0 Å². The van der Waals surface area contributed by atoms with Crippen LogP contribution in [0.4, 0.5) is 0 Å². The molecule has 1 heterocycles. The molecule has 0 amide bonds. The van der Waals surface area contributed by atoms with Crippen molar-refractivity contribution < 1.29 is 0 Å². The van der Waals surface area contributed by atoms with E-state index < -0.39 is 0 Å². The van der Waals surface area contributed by atoms with E-state index in [2.05, 4.69) is 171 Å². The van der Waals surface area contributed by atoms with Gasteiger partial charge in [-0.05, 0) is 91.2 Å². The Kier molecular flexibility index (Phi) is 6.60. The molecule has 1 aromatic heterocycles. The Hall–Kier alpha value is -6.97. The van der Waals surface area contributed by atoms with Gasteiger partial charge in [-0.1, -0.05) is 154 Å². The minimum atomic E-state index is -0.110.